The van der Waals surface area contributed by atoms with Crippen LogP contribution in [0.25, 0.3) is 0 Å². The van der Waals surface area contributed by atoms with Crippen LogP contribution in [0.15, 0.2) is 24.3 Å². The first-order valence-electron chi connectivity index (χ1n) is 7.12. The van der Waals surface area contributed by atoms with Crippen LogP contribution in [-0.2, 0) is 6.42 Å². The van der Waals surface area contributed by atoms with Gasteiger partial charge in [0.25, 0.3) is 0 Å². The maximum absolute atomic E-state index is 13.7. The predicted octanol–water partition coefficient (Wildman–Crippen LogP) is 2.85. The van der Waals surface area contributed by atoms with Gasteiger partial charge in [-0.3, -0.25) is 0 Å². The van der Waals surface area contributed by atoms with E-state index >= 15 is 0 Å². The standard InChI is InChI=1S/C16H24FNO/c1-18(2)11-9-14-7-5-10-16(14,19)12-13-6-3-4-8-15(13)17/h3-4,6,8,14,19H,5,7,9-12H2,1-2H3/t14-,16+/m1/s1. The minimum absolute atomic E-state index is 0.200. The summed E-state index contributed by atoms with van der Waals surface area (Å²) in [5.41, 5.74) is -0.0835. The number of aliphatic hydroxyl groups is 1. The Morgan fingerprint density at radius 1 is 1.37 bits per heavy atom. The largest absolute Gasteiger partial charge is 0.389 e. The monoisotopic (exact) mass is 265 g/mol. The Labute approximate surface area is 115 Å². The zero-order valence-electron chi connectivity index (χ0n) is 11.9. The Morgan fingerprint density at radius 2 is 2.11 bits per heavy atom. The van der Waals surface area contributed by atoms with Crippen LogP contribution in [0.2, 0.25) is 0 Å². The van der Waals surface area contributed by atoms with Crippen molar-refractivity contribution >= 4 is 0 Å². The molecule has 3 heteroatoms. The third-order valence-corrected chi connectivity index (χ3v) is 4.30. The summed E-state index contributed by atoms with van der Waals surface area (Å²) >= 11 is 0. The molecular formula is C16H24FNO. The summed E-state index contributed by atoms with van der Waals surface area (Å²) < 4.78 is 13.7. The van der Waals surface area contributed by atoms with E-state index in [9.17, 15) is 9.50 Å². The Morgan fingerprint density at radius 3 is 2.79 bits per heavy atom. The highest BCUT2D eigenvalue weighted by atomic mass is 19.1. The maximum Gasteiger partial charge on any atom is 0.126 e. The predicted molar refractivity (Wildman–Crippen MR) is 75.6 cm³/mol. The summed E-state index contributed by atoms with van der Waals surface area (Å²) in [6, 6.07) is 6.80. The lowest BCUT2D eigenvalue weighted by molar-refractivity contribution is -0.00298. The lowest BCUT2D eigenvalue weighted by Crippen LogP contribution is -2.37. The van der Waals surface area contributed by atoms with Gasteiger partial charge in [0.2, 0.25) is 0 Å². The second-order valence-electron chi connectivity index (χ2n) is 6.05. The van der Waals surface area contributed by atoms with Gasteiger partial charge in [-0.1, -0.05) is 24.6 Å². The summed E-state index contributed by atoms with van der Waals surface area (Å²) in [7, 11) is 4.09. The molecule has 0 bridgehead atoms. The normalized spacial score (nSPS) is 27.1. The van der Waals surface area contributed by atoms with Gasteiger partial charge in [0, 0.05) is 6.42 Å². The number of hydrogen-bond acceptors (Lipinski definition) is 2. The van der Waals surface area contributed by atoms with Crippen LogP contribution >= 0.6 is 0 Å². The molecule has 106 valence electrons. The van der Waals surface area contributed by atoms with Crippen LogP contribution in [0.4, 0.5) is 4.39 Å². The summed E-state index contributed by atoms with van der Waals surface area (Å²) in [5, 5.41) is 10.9. The van der Waals surface area contributed by atoms with Crippen LogP contribution < -0.4 is 0 Å². The van der Waals surface area contributed by atoms with E-state index in [1.807, 2.05) is 20.2 Å². The Bertz CT molecular complexity index is 421. The molecule has 1 aromatic rings. The van der Waals surface area contributed by atoms with E-state index in [-0.39, 0.29) is 11.7 Å². The average Bonchev–Trinajstić information content (AvgIpc) is 2.71. The zero-order chi connectivity index (χ0) is 13.9. The van der Waals surface area contributed by atoms with Crippen LogP contribution in [0.3, 0.4) is 0 Å². The van der Waals surface area contributed by atoms with Crippen molar-refractivity contribution in [2.45, 2.75) is 37.7 Å². The van der Waals surface area contributed by atoms with E-state index in [2.05, 4.69) is 4.90 Å². The van der Waals surface area contributed by atoms with Crippen molar-refractivity contribution in [1.82, 2.24) is 4.90 Å². The van der Waals surface area contributed by atoms with E-state index in [0.29, 0.717) is 12.0 Å². The molecule has 1 saturated carbocycles. The number of benzene rings is 1. The minimum atomic E-state index is -0.724. The molecule has 0 spiro atoms. The minimum Gasteiger partial charge on any atom is -0.389 e. The Kier molecular flexibility index (Phi) is 4.58. The molecule has 2 atom stereocenters. The average molecular weight is 265 g/mol. The van der Waals surface area contributed by atoms with E-state index in [1.54, 1.807) is 12.1 Å². The molecule has 1 N–H and O–H groups in total. The summed E-state index contributed by atoms with van der Waals surface area (Å²) in [4.78, 5) is 2.14. The van der Waals surface area contributed by atoms with E-state index in [4.69, 9.17) is 0 Å². The Balaban J connectivity index is 2.06. The van der Waals surface area contributed by atoms with Gasteiger partial charge >= 0.3 is 0 Å². The first-order valence-corrected chi connectivity index (χ1v) is 7.12. The number of halogens is 1. The molecule has 0 unspecified atom stereocenters. The molecule has 0 heterocycles. The fourth-order valence-corrected chi connectivity index (χ4v) is 3.16. The topological polar surface area (TPSA) is 23.5 Å². The second-order valence-corrected chi connectivity index (χ2v) is 6.05. The van der Waals surface area contributed by atoms with Gasteiger partial charge in [0.05, 0.1) is 5.60 Å². The van der Waals surface area contributed by atoms with E-state index in [0.717, 1.165) is 32.2 Å². The highest BCUT2D eigenvalue weighted by Gasteiger charge is 2.41. The van der Waals surface area contributed by atoms with Gasteiger partial charge in [-0.05, 0) is 57.5 Å². The highest BCUT2D eigenvalue weighted by Crippen LogP contribution is 2.40. The first kappa shape index (κ1) is 14.5. The van der Waals surface area contributed by atoms with Crippen molar-refractivity contribution in [3.63, 3.8) is 0 Å². The smallest absolute Gasteiger partial charge is 0.126 e. The van der Waals surface area contributed by atoms with Gasteiger partial charge in [0.15, 0.2) is 0 Å². The maximum atomic E-state index is 13.7. The first-order chi connectivity index (χ1) is 9.01. The molecule has 0 saturated heterocycles. The lowest BCUT2D eigenvalue weighted by atomic mass is 9.83. The summed E-state index contributed by atoms with van der Waals surface area (Å²) in [5.74, 6) is 0.0868. The van der Waals surface area contributed by atoms with E-state index in [1.165, 1.54) is 6.07 Å². The molecule has 19 heavy (non-hydrogen) atoms. The van der Waals surface area contributed by atoms with Crippen molar-refractivity contribution in [3.8, 4) is 0 Å². The van der Waals surface area contributed by atoms with Crippen molar-refractivity contribution < 1.29 is 9.50 Å². The van der Waals surface area contributed by atoms with E-state index < -0.39 is 5.60 Å². The quantitative estimate of drug-likeness (QED) is 0.885. The van der Waals surface area contributed by atoms with Crippen LogP contribution in [0, 0.1) is 11.7 Å². The zero-order valence-corrected chi connectivity index (χ0v) is 11.9. The van der Waals surface area contributed by atoms with Crippen LogP contribution in [-0.4, -0.2) is 36.2 Å². The van der Waals surface area contributed by atoms with Crippen molar-refractivity contribution in [1.29, 1.82) is 0 Å². The molecular weight excluding hydrogens is 241 g/mol. The molecule has 1 fully saturated rings. The molecule has 0 radical (unpaired) electrons. The number of nitrogens with zero attached hydrogens (tertiary/aromatic N) is 1. The van der Waals surface area contributed by atoms with Gasteiger partial charge in [-0.25, -0.2) is 4.39 Å². The second kappa shape index (κ2) is 6.02. The molecule has 1 aliphatic carbocycles. The third kappa shape index (κ3) is 3.54. The summed E-state index contributed by atoms with van der Waals surface area (Å²) in [6.07, 6.45) is 4.32. The third-order valence-electron chi connectivity index (χ3n) is 4.30. The van der Waals surface area contributed by atoms with Crippen LogP contribution in [0.5, 0.6) is 0 Å². The van der Waals surface area contributed by atoms with Gasteiger partial charge in [0.1, 0.15) is 5.82 Å². The molecule has 2 nitrogen and oxygen atoms in total. The molecule has 0 amide bonds. The van der Waals surface area contributed by atoms with Crippen molar-refractivity contribution in [3.05, 3.63) is 35.6 Å². The molecule has 1 aliphatic rings. The highest BCUT2D eigenvalue weighted by molar-refractivity contribution is 5.20. The fraction of sp³-hybridized carbons (Fsp3) is 0.625. The van der Waals surface area contributed by atoms with Crippen molar-refractivity contribution in [2.75, 3.05) is 20.6 Å². The van der Waals surface area contributed by atoms with Crippen molar-refractivity contribution in [2.24, 2.45) is 5.92 Å². The van der Waals surface area contributed by atoms with Gasteiger partial charge in [-0.15, -0.1) is 0 Å². The van der Waals surface area contributed by atoms with Gasteiger partial charge in [-0.2, -0.15) is 0 Å². The Hall–Kier alpha value is -0.930. The molecule has 0 aromatic heterocycles. The molecule has 1 aromatic carbocycles. The van der Waals surface area contributed by atoms with Gasteiger partial charge < -0.3 is 10.0 Å². The summed E-state index contributed by atoms with van der Waals surface area (Å²) in [6.45, 7) is 0.976. The number of rotatable bonds is 5. The fourth-order valence-electron chi connectivity index (χ4n) is 3.16. The lowest BCUT2D eigenvalue weighted by Gasteiger charge is -2.31. The van der Waals surface area contributed by atoms with Crippen LogP contribution in [0.1, 0.15) is 31.2 Å². The SMILES string of the molecule is CN(C)CC[C@H]1CCC[C@]1(O)Cc1ccccc1F. The molecule has 0 aliphatic heterocycles. The number of hydrogen-bond donors (Lipinski definition) is 1. The molecule has 2 rings (SSSR count).